The van der Waals surface area contributed by atoms with Crippen molar-refractivity contribution in [3.05, 3.63) is 182 Å². The van der Waals surface area contributed by atoms with Gasteiger partial charge in [-0.3, -0.25) is 0 Å². The molecule has 0 saturated heterocycles. The van der Waals surface area contributed by atoms with Gasteiger partial charge in [-0.1, -0.05) is 157 Å². The predicted octanol–water partition coefficient (Wildman–Crippen LogP) is 12.3. The Morgan fingerprint density at radius 2 is 0.885 bits per heavy atom. The quantitative estimate of drug-likeness (QED) is 0.181. The third-order valence-corrected chi connectivity index (χ3v) is 10.8. The lowest BCUT2D eigenvalue weighted by Gasteiger charge is -2.15. The van der Waals surface area contributed by atoms with E-state index >= 15 is 0 Å². The van der Waals surface area contributed by atoms with Crippen LogP contribution in [0.5, 0.6) is 0 Å². The number of hydrogen-bond donors (Lipinski definition) is 0. The molecule has 2 aromatic heterocycles. The van der Waals surface area contributed by atoms with Gasteiger partial charge in [0.15, 0.2) is 17.5 Å². The lowest BCUT2D eigenvalue weighted by Crippen LogP contribution is -2.00. The number of aromatic nitrogens is 4. The summed E-state index contributed by atoms with van der Waals surface area (Å²) in [4.78, 5) is 17.4. The summed E-state index contributed by atoms with van der Waals surface area (Å²) in [7, 11) is 0. The standard InChI is InChI=1S/C47H30N4S/c1-3-15-31(16-4-1)45-48-46(32-17-5-2-6-18-32)50-47(49-45)35-21-13-19-33(29-35)34-20-14-22-36(30-34)51-40-26-10-7-23-37(40)43-38-24-8-11-27-41(38)52-42-28-12-9-25-39(42)44(43)51/h1-30H. The topological polar surface area (TPSA) is 43.6 Å². The van der Waals surface area contributed by atoms with Gasteiger partial charge in [-0.25, -0.2) is 15.0 Å². The molecule has 10 rings (SSSR count). The molecule has 0 bridgehead atoms. The SMILES string of the molecule is c1ccc(-c2nc(-c3ccccc3)nc(-c3cccc(-c4cccc(-n5c6c(c7ccccc75)-c5ccccc5Sc5ccccc5-6)c4)c3)n2)cc1. The van der Waals surface area contributed by atoms with Gasteiger partial charge in [-0.15, -0.1) is 0 Å². The van der Waals surface area contributed by atoms with Gasteiger partial charge in [0.25, 0.3) is 0 Å². The molecule has 0 aliphatic carbocycles. The van der Waals surface area contributed by atoms with Crippen molar-refractivity contribution in [2.45, 2.75) is 9.79 Å². The minimum absolute atomic E-state index is 0.639. The van der Waals surface area contributed by atoms with Crippen LogP contribution in [0.2, 0.25) is 0 Å². The zero-order valence-corrected chi connectivity index (χ0v) is 28.8. The average Bonchev–Trinajstić information content (AvgIpc) is 3.49. The molecule has 0 fully saturated rings. The number of fused-ring (bicyclic) bond motifs is 7. The molecule has 4 nitrogen and oxygen atoms in total. The van der Waals surface area contributed by atoms with Crippen molar-refractivity contribution in [1.29, 1.82) is 0 Å². The van der Waals surface area contributed by atoms with Crippen LogP contribution >= 0.6 is 11.8 Å². The van der Waals surface area contributed by atoms with Crippen LogP contribution in [-0.2, 0) is 0 Å². The first-order chi connectivity index (χ1) is 25.8. The van der Waals surface area contributed by atoms with Crippen molar-refractivity contribution in [2.75, 3.05) is 0 Å². The zero-order valence-electron chi connectivity index (χ0n) is 28.0. The van der Waals surface area contributed by atoms with E-state index in [0.29, 0.717) is 17.5 Å². The normalized spacial score (nSPS) is 11.8. The first kappa shape index (κ1) is 30.3. The molecule has 0 spiro atoms. The number of benzene rings is 7. The van der Waals surface area contributed by atoms with E-state index in [1.165, 1.54) is 43.1 Å². The third-order valence-electron chi connectivity index (χ3n) is 9.65. The second kappa shape index (κ2) is 12.6. The van der Waals surface area contributed by atoms with Gasteiger partial charge in [-0.2, -0.15) is 0 Å². The van der Waals surface area contributed by atoms with Gasteiger partial charge in [0.05, 0.1) is 11.2 Å². The number of hydrogen-bond acceptors (Lipinski definition) is 4. The fourth-order valence-corrected chi connectivity index (χ4v) is 8.35. The Labute approximate surface area is 306 Å². The molecule has 0 atom stereocenters. The zero-order chi connectivity index (χ0) is 34.4. The Bertz CT molecular complexity index is 2710. The van der Waals surface area contributed by atoms with Crippen LogP contribution in [0.4, 0.5) is 0 Å². The van der Waals surface area contributed by atoms with Crippen LogP contribution < -0.4 is 0 Å². The highest BCUT2D eigenvalue weighted by molar-refractivity contribution is 7.99. The minimum atomic E-state index is 0.639. The van der Waals surface area contributed by atoms with Crippen LogP contribution in [0.1, 0.15) is 0 Å². The summed E-state index contributed by atoms with van der Waals surface area (Å²) in [6, 6.07) is 64.0. The molecule has 52 heavy (non-hydrogen) atoms. The van der Waals surface area contributed by atoms with Crippen molar-refractivity contribution in [1.82, 2.24) is 19.5 Å². The Kier molecular flexibility index (Phi) is 7.36. The smallest absolute Gasteiger partial charge is 0.164 e. The second-order valence-corrected chi connectivity index (χ2v) is 13.9. The fraction of sp³-hybridized carbons (Fsp3) is 0. The first-order valence-electron chi connectivity index (χ1n) is 17.4. The molecule has 3 heterocycles. The van der Waals surface area contributed by atoms with Gasteiger partial charge in [0, 0.05) is 48.7 Å². The summed E-state index contributed by atoms with van der Waals surface area (Å²) in [5, 5.41) is 1.24. The highest BCUT2D eigenvalue weighted by Crippen LogP contribution is 2.52. The van der Waals surface area contributed by atoms with Crippen molar-refractivity contribution in [3.8, 4) is 73.4 Å². The molecule has 1 aliphatic rings. The number of nitrogens with zero attached hydrogens (tertiary/aromatic N) is 4. The number of rotatable bonds is 5. The average molecular weight is 683 g/mol. The van der Waals surface area contributed by atoms with Crippen molar-refractivity contribution in [3.63, 3.8) is 0 Å². The fourth-order valence-electron chi connectivity index (χ4n) is 7.27. The molecule has 1 aliphatic heterocycles. The van der Waals surface area contributed by atoms with E-state index in [-0.39, 0.29) is 0 Å². The monoisotopic (exact) mass is 682 g/mol. The molecule has 244 valence electrons. The predicted molar refractivity (Wildman–Crippen MR) is 213 cm³/mol. The summed E-state index contributed by atoms with van der Waals surface area (Å²) >= 11 is 1.85. The molecule has 0 amide bonds. The molecular weight excluding hydrogens is 653 g/mol. The van der Waals surface area contributed by atoms with Crippen LogP contribution in [0.25, 0.3) is 84.3 Å². The maximum atomic E-state index is 5.00. The molecule has 0 N–H and O–H groups in total. The van der Waals surface area contributed by atoms with Crippen LogP contribution in [0, 0.1) is 0 Å². The second-order valence-electron chi connectivity index (χ2n) is 12.8. The molecule has 5 heteroatoms. The maximum absolute atomic E-state index is 5.00. The summed E-state index contributed by atoms with van der Waals surface area (Å²) in [6.45, 7) is 0. The van der Waals surface area contributed by atoms with E-state index in [2.05, 4.69) is 126 Å². The Morgan fingerprint density at radius 1 is 0.385 bits per heavy atom. The van der Waals surface area contributed by atoms with Gasteiger partial charge < -0.3 is 4.57 Å². The van der Waals surface area contributed by atoms with Gasteiger partial charge in [-0.05, 0) is 53.1 Å². The van der Waals surface area contributed by atoms with E-state index in [1.54, 1.807) is 0 Å². The summed E-state index contributed by atoms with van der Waals surface area (Å²) in [6.07, 6.45) is 0. The number of para-hydroxylation sites is 1. The van der Waals surface area contributed by atoms with Crippen molar-refractivity contribution < 1.29 is 0 Å². The lowest BCUT2D eigenvalue weighted by atomic mass is 9.98. The maximum Gasteiger partial charge on any atom is 0.164 e. The molecular formula is C47H30N4S. The molecule has 9 aromatic rings. The Hall–Kier alpha value is -6.56. The van der Waals surface area contributed by atoms with E-state index < -0.39 is 0 Å². The highest BCUT2D eigenvalue weighted by Gasteiger charge is 2.27. The Balaban J connectivity index is 1.14. The summed E-state index contributed by atoms with van der Waals surface area (Å²) < 4.78 is 2.45. The van der Waals surface area contributed by atoms with Crippen molar-refractivity contribution in [2.24, 2.45) is 0 Å². The molecule has 7 aromatic carbocycles. The first-order valence-corrected chi connectivity index (χ1v) is 18.2. The van der Waals surface area contributed by atoms with E-state index in [1.807, 2.05) is 72.4 Å². The van der Waals surface area contributed by atoms with E-state index in [4.69, 9.17) is 15.0 Å². The molecule has 0 unspecified atom stereocenters. The van der Waals surface area contributed by atoms with Gasteiger partial charge in [0.1, 0.15) is 0 Å². The molecule has 0 radical (unpaired) electrons. The Morgan fingerprint density at radius 3 is 1.60 bits per heavy atom. The van der Waals surface area contributed by atoms with Crippen LogP contribution in [0.15, 0.2) is 192 Å². The minimum Gasteiger partial charge on any atom is -0.309 e. The highest BCUT2D eigenvalue weighted by atomic mass is 32.2. The third kappa shape index (κ3) is 5.22. The van der Waals surface area contributed by atoms with Crippen LogP contribution in [0.3, 0.4) is 0 Å². The van der Waals surface area contributed by atoms with E-state index in [9.17, 15) is 0 Å². The molecule has 0 saturated carbocycles. The lowest BCUT2D eigenvalue weighted by molar-refractivity contribution is 1.07. The largest absolute Gasteiger partial charge is 0.309 e. The van der Waals surface area contributed by atoms with E-state index in [0.717, 1.165) is 33.5 Å². The summed E-state index contributed by atoms with van der Waals surface area (Å²) in [5.74, 6) is 1.94. The van der Waals surface area contributed by atoms with Gasteiger partial charge in [0.2, 0.25) is 0 Å². The van der Waals surface area contributed by atoms with Crippen molar-refractivity contribution >= 4 is 22.7 Å². The van der Waals surface area contributed by atoms with Crippen LogP contribution in [-0.4, -0.2) is 19.5 Å². The van der Waals surface area contributed by atoms with Gasteiger partial charge >= 0.3 is 0 Å². The summed E-state index contributed by atoms with van der Waals surface area (Å²) in [5.41, 5.74) is 12.3.